The van der Waals surface area contributed by atoms with Crippen LogP contribution in [0.3, 0.4) is 0 Å². The number of amidine groups is 1. The van der Waals surface area contributed by atoms with Crippen LogP contribution < -0.4 is 4.90 Å². The molecule has 0 saturated carbocycles. The second-order valence-corrected chi connectivity index (χ2v) is 11.2. The van der Waals surface area contributed by atoms with Crippen molar-refractivity contribution in [2.24, 2.45) is 4.99 Å². The summed E-state index contributed by atoms with van der Waals surface area (Å²) < 4.78 is 1.93. The Kier molecular flexibility index (Phi) is 6.69. The van der Waals surface area contributed by atoms with Crippen LogP contribution in [-0.4, -0.2) is 48.9 Å². The van der Waals surface area contributed by atoms with Crippen molar-refractivity contribution in [1.82, 2.24) is 19.7 Å². The predicted octanol–water partition coefficient (Wildman–Crippen LogP) is 5.02. The molecule has 1 atom stereocenters. The minimum absolute atomic E-state index is 0.0243. The van der Waals surface area contributed by atoms with E-state index in [0.717, 1.165) is 65.6 Å². The first-order valence-electron chi connectivity index (χ1n) is 13.2. The van der Waals surface area contributed by atoms with E-state index < -0.39 is 0 Å². The lowest BCUT2D eigenvalue weighted by Crippen LogP contribution is -2.36. The molecular weight excluding hydrogens is 496 g/mol. The smallest absolute Gasteiger partial charge is 0.234 e. The van der Waals surface area contributed by atoms with Crippen molar-refractivity contribution in [2.75, 3.05) is 18.0 Å². The summed E-state index contributed by atoms with van der Waals surface area (Å²) in [7, 11) is 0. The van der Waals surface area contributed by atoms with E-state index in [0.29, 0.717) is 19.0 Å². The first-order chi connectivity index (χ1) is 18.5. The summed E-state index contributed by atoms with van der Waals surface area (Å²) in [6.07, 6.45) is 8.09. The molecule has 4 heterocycles. The Hall–Kier alpha value is -3.59. The fourth-order valence-electron chi connectivity index (χ4n) is 5.49. The standard InChI is InChI=1S/C29H32N6O2S/c1-19(2)26-10-9-21(14-31-26)35(28(37)25-7-3-6-24-23(25)5-4-8-27(24)36)16-20-13-32-33(15-20)17-22-18-38-29-30-11-12-34(22)29/h4-5,8-10,13-15,18-19,25,36H,3,6-7,11-12,16-17H2,1-2H3. The zero-order chi connectivity index (χ0) is 26.2. The van der Waals surface area contributed by atoms with Crippen LogP contribution in [0.4, 0.5) is 5.69 Å². The topological polar surface area (TPSA) is 86.9 Å². The van der Waals surface area contributed by atoms with Gasteiger partial charge in [-0.05, 0) is 54.5 Å². The number of anilines is 1. The molecule has 1 aliphatic carbocycles. The second-order valence-electron chi connectivity index (χ2n) is 10.4. The molecule has 0 spiro atoms. The third-order valence-corrected chi connectivity index (χ3v) is 8.47. The second kappa shape index (κ2) is 10.3. The average molecular weight is 529 g/mol. The van der Waals surface area contributed by atoms with Gasteiger partial charge in [-0.1, -0.05) is 37.7 Å². The van der Waals surface area contributed by atoms with Crippen molar-refractivity contribution in [3.05, 3.63) is 82.4 Å². The number of carbonyl (C=O) groups is 1. The third-order valence-electron chi connectivity index (χ3n) is 7.52. The Balaban J connectivity index is 1.27. The summed E-state index contributed by atoms with van der Waals surface area (Å²) in [5.41, 5.74) is 5.75. The van der Waals surface area contributed by atoms with E-state index >= 15 is 0 Å². The summed E-state index contributed by atoms with van der Waals surface area (Å²) >= 11 is 1.67. The monoisotopic (exact) mass is 528 g/mol. The quantitative estimate of drug-likeness (QED) is 0.463. The number of phenols is 1. The number of nitrogens with zero attached hydrogens (tertiary/aromatic N) is 6. The van der Waals surface area contributed by atoms with Crippen LogP contribution in [0.15, 0.2) is 65.0 Å². The summed E-state index contributed by atoms with van der Waals surface area (Å²) in [6.45, 7) is 7.05. The lowest BCUT2D eigenvalue weighted by atomic mass is 9.81. The SMILES string of the molecule is CC(C)c1ccc(N(Cc2cnn(CC3=CSC4=NCCN34)c2)C(=O)C2CCCc3c(O)cccc32)cn1. The van der Waals surface area contributed by atoms with Gasteiger partial charge in [-0.3, -0.25) is 19.5 Å². The Morgan fingerprint density at radius 1 is 1.24 bits per heavy atom. The number of pyridine rings is 1. The van der Waals surface area contributed by atoms with Gasteiger partial charge in [0.05, 0.1) is 43.6 Å². The maximum atomic E-state index is 14.2. The number of amides is 1. The Labute approximate surface area is 227 Å². The number of phenolic OH excluding ortho intramolecular Hbond substituents is 1. The van der Waals surface area contributed by atoms with Gasteiger partial charge in [0, 0.05) is 35.1 Å². The normalized spacial score (nSPS) is 18.3. The van der Waals surface area contributed by atoms with Gasteiger partial charge < -0.3 is 14.9 Å². The minimum Gasteiger partial charge on any atom is -0.508 e. The Bertz CT molecular complexity index is 1410. The molecule has 8 nitrogen and oxygen atoms in total. The number of aromatic nitrogens is 3. The van der Waals surface area contributed by atoms with Gasteiger partial charge >= 0.3 is 0 Å². The number of rotatable bonds is 7. The van der Waals surface area contributed by atoms with Crippen molar-refractivity contribution in [1.29, 1.82) is 0 Å². The van der Waals surface area contributed by atoms with Crippen molar-refractivity contribution >= 4 is 28.5 Å². The van der Waals surface area contributed by atoms with Crippen LogP contribution in [-0.2, 0) is 24.3 Å². The average Bonchev–Trinajstić information content (AvgIpc) is 3.66. The van der Waals surface area contributed by atoms with Crippen LogP contribution in [0.1, 0.15) is 60.9 Å². The molecule has 1 aromatic carbocycles. The van der Waals surface area contributed by atoms with Gasteiger partial charge in [0.15, 0.2) is 5.17 Å². The highest BCUT2D eigenvalue weighted by molar-refractivity contribution is 8.16. The number of hydrogen-bond donors (Lipinski definition) is 1. The van der Waals surface area contributed by atoms with Crippen molar-refractivity contribution in [2.45, 2.75) is 58.0 Å². The van der Waals surface area contributed by atoms with E-state index in [1.54, 1.807) is 24.0 Å². The molecule has 0 radical (unpaired) electrons. The first kappa shape index (κ1) is 24.7. The molecule has 1 amide bonds. The van der Waals surface area contributed by atoms with E-state index in [9.17, 15) is 9.90 Å². The number of allylic oxidation sites excluding steroid dienone is 1. The summed E-state index contributed by atoms with van der Waals surface area (Å²) in [6, 6.07) is 9.52. The lowest BCUT2D eigenvalue weighted by Gasteiger charge is -2.31. The van der Waals surface area contributed by atoms with Gasteiger partial charge in [-0.25, -0.2) is 0 Å². The van der Waals surface area contributed by atoms with E-state index in [4.69, 9.17) is 0 Å². The molecule has 0 fully saturated rings. The summed E-state index contributed by atoms with van der Waals surface area (Å²) in [4.78, 5) is 27.4. The zero-order valence-corrected chi connectivity index (χ0v) is 22.6. The Morgan fingerprint density at radius 3 is 2.95 bits per heavy atom. The number of hydrogen-bond acceptors (Lipinski definition) is 7. The first-order valence-corrected chi connectivity index (χ1v) is 14.1. The maximum absolute atomic E-state index is 14.2. The van der Waals surface area contributed by atoms with Gasteiger partial charge in [-0.15, -0.1) is 0 Å². The predicted molar refractivity (Wildman–Crippen MR) is 150 cm³/mol. The number of aliphatic imine (C=N–C) groups is 1. The number of aromatic hydroxyl groups is 1. The van der Waals surface area contributed by atoms with Crippen LogP contribution in [0.5, 0.6) is 5.75 Å². The fraction of sp³-hybridized carbons (Fsp3) is 0.379. The molecule has 1 N–H and O–H groups in total. The molecular formula is C29H32N6O2S. The highest BCUT2D eigenvalue weighted by atomic mass is 32.2. The molecule has 3 aromatic rings. The fourth-order valence-corrected chi connectivity index (χ4v) is 6.44. The number of benzene rings is 1. The highest BCUT2D eigenvalue weighted by Crippen LogP contribution is 2.38. The van der Waals surface area contributed by atoms with Crippen LogP contribution in [0, 0.1) is 0 Å². The van der Waals surface area contributed by atoms with Crippen LogP contribution in [0.2, 0.25) is 0 Å². The van der Waals surface area contributed by atoms with Crippen molar-refractivity contribution in [3.63, 3.8) is 0 Å². The lowest BCUT2D eigenvalue weighted by molar-refractivity contribution is -0.120. The molecule has 1 unspecified atom stereocenters. The molecule has 6 rings (SSSR count). The molecule has 38 heavy (non-hydrogen) atoms. The van der Waals surface area contributed by atoms with Crippen LogP contribution >= 0.6 is 11.8 Å². The molecule has 9 heteroatoms. The van der Waals surface area contributed by atoms with Crippen molar-refractivity contribution < 1.29 is 9.90 Å². The molecule has 3 aliphatic rings. The van der Waals surface area contributed by atoms with E-state index in [1.165, 1.54) is 5.70 Å². The largest absolute Gasteiger partial charge is 0.508 e. The van der Waals surface area contributed by atoms with E-state index in [2.05, 4.69) is 39.2 Å². The number of fused-ring (bicyclic) bond motifs is 2. The van der Waals surface area contributed by atoms with Gasteiger partial charge in [0.25, 0.3) is 0 Å². The maximum Gasteiger partial charge on any atom is 0.234 e. The van der Waals surface area contributed by atoms with E-state index in [1.807, 2.05) is 46.2 Å². The van der Waals surface area contributed by atoms with Gasteiger partial charge in [0.2, 0.25) is 5.91 Å². The number of thioether (sulfide) groups is 1. The minimum atomic E-state index is -0.306. The molecule has 196 valence electrons. The van der Waals surface area contributed by atoms with Gasteiger partial charge in [-0.2, -0.15) is 5.10 Å². The summed E-state index contributed by atoms with van der Waals surface area (Å²) in [5, 5.41) is 18.3. The van der Waals surface area contributed by atoms with Gasteiger partial charge in [0.1, 0.15) is 5.75 Å². The molecule has 2 aromatic heterocycles. The Morgan fingerprint density at radius 2 is 2.13 bits per heavy atom. The van der Waals surface area contributed by atoms with E-state index in [-0.39, 0.29) is 17.6 Å². The zero-order valence-electron chi connectivity index (χ0n) is 21.7. The molecule has 2 aliphatic heterocycles. The van der Waals surface area contributed by atoms with Crippen molar-refractivity contribution in [3.8, 4) is 5.75 Å². The third kappa shape index (κ3) is 4.71. The molecule has 0 saturated heterocycles. The van der Waals surface area contributed by atoms with Crippen LogP contribution in [0.25, 0.3) is 0 Å². The highest BCUT2D eigenvalue weighted by Gasteiger charge is 2.32. The summed E-state index contributed by atoms with van der Waals surface area (Å²) in [5.74, 6) is 0.306. The number of carbonyl (C=O) groups excluding carboxylic acids is 1. The molecule has 0 bridgehead atoms.